The topological polar surface area (TPSA) is 49.5 Å². The predicted molar refractivity (Wildman–Crippen MR) is 66.1 cm³/mol. The number of likely N-dealkylation sites (tertiary alicyclic amines) is 1. The van der Waals surface area contributed by atoms with E-state index >= 15 is 0 Å². The highest BCUT2D eigenvalue weighted by Gasteiger charge is 2.24. The van der Waals surface area contributed by atoms with Crippen LogP contribution in [0, 0.1) is 0 Å². The third-order valence-electron chi connectivity index (χ3n) is 3.60. The largest absolute Gasteiger partial charge is 0.445 e. The van der Waals surface area contributed by atoms with Gasteiger partial charge in [-0.25, -0.2) is 4.98 Å². The van der Waals surface area contributed by atoms with Gasteiger partial charge >= 0.3 is 0 Å². The molecule has 96 valence electrons. The molecule has 0 bridgehead atoms. The fourth-order valence-electron chi connectivity index (χ4n) is 2.35. The number of hydrogen-bond donors (Lipinski definition) is 1. The van der Waals surface area contributed by atoms with Crippen molar-refractivity contribution in [3.8, 4) is 0 Å². The van der Waals surface area contributed by atoms with E-state index in [0.717, 1.165) is 31.2 Å². The summed E-state index contributed by atoms with van der Waals surface area (Å²) in [5.41, 5.74) is 0. The number of aliphatic hydroxyl groups is 1. The SMILES string of the molecule is CCN1CCCC(c2ncc(C(C)CO)o2)C1. The molecule has 4 nitrogen and oxygen atoms in total. The Kier molecular flexibility index (Phi) is 4.18. The molecule has 1 N–H and O–H groups in total. The maximum atomic E-state index is 9.09. The second-order valence-electron chi connectivity index (χ2n) is 4.92. The standard InChI is InChI=1S/C13H22N2O2/c1-3-15-6-4-5-11(8-15)13-14-7-12(17-13)10(2)9-16/h7,10-11,16H,3-6,8-9H2,1-2H3. The van der Waals surface area contributed by atoms with Gasteiger partial charge in [-0.2, -0.15) is 0 Å². The number of aromatic nitrogens is 1. The van der Waals surface area contributed by atoms with Crippen molar-refractivity contribution in [2.24, 2.45) is 0 Å². The summed E-state index contributed by atoms with van der Waals surface area (Å²) < 4.78 is 5.77. The zero-order valence-electron chi connectivity index (χ0n) is 10.7. The third-order valence-corrected chi connectivity index (χ3v) is 3.60. The second-order valence-corrected chi connectivity index (χ2v) is 4.92. The Hall–Kier alpha value is -0.870. The molecule has 4 heteroatoms. The Morgan fingerprint density at radius 2 is 2.47 bits per heavy atom. The van der Waals surface area contributed by atoms with E-state index in [1.54, 1.807) is 6.20 Å². The molecule has 17 heavy (non-hydrogen) atoms. The van der Waals surface area contributed by atoms with Crippen molar-refractivity contribution in [2.75, 3.05) is 26.2 Å². The van der Waals surface area contributed by atoms with Crippen LogP contribution in [0.3, 0.4) is 0 Å². The number of likely N-dealkylation sites (N-methyl/N-ethyl adjacent to an activating group) is 1. The first kappa shape index (κ1) is 12.6. The molecule has 1 aliphatic heterocycles. The average molecular weight is 238 g/mol. The summed E-state index contributed by atoms with van der Waals surface area (Å²) >= 11 is 0. The minimum absolute atomic E-state index is 0.0436. The zero-order valence-corrected chi connectivity index (χ0v) is 10.7. The van der Waals surface area contributed by atoms with Crippen molar-refractivity contribution < 1.29 is 9.52 Å². The van der Waals surface area contributed by atoms with Crippen LogP contribution >= 0.6 is 0 Å². The second kappa shape index (κ2) is 5.65. The van der Waals surface area contributed by atoms with Crippen LogP contribution in [0.5, 0.6) is 0 Å². The van der Waals surface area contributed by atoms with E-state index in [-0.39, 0.29) is 12.5 Å². The lowest BCUT2D eigenvalue weighted by molar-refractivity contribution is 0.197. The fourth-order valence-corrected chi connectivity index (χ4v) is 2.35. The molecule has 0 radical (unpaired) electrons. The normalized spacial score (nSPS) is 23.8. The van der Waals surface area contributed by atoms with Gasteiger partial charge in [0.2, 0.25) is 0 Å². The number of rotatable bonds is 4. The minimum Gasteiger partial charge on any atom is -0.445 e. The summed E-state index contributed by atoms with van der Waals surface area (Å²) in [4.78, 5) is 6.81. The van der Waals surface area contributed by atoms with Crippen LogP contribution in [-0.2, 0) is 0 Å². The van der Waals surface area contributed by atoms with Crippen LogP contribution in [0.15, 0.2) is 10.6 Å². The van der Waals surface area contributed by atoms with Crippen LogP contribution in [0.25, 0.3) is 0 Å². The van der Waals surface area contributed by atoms with Gasteiger partial charge in [-0.15, -0.1) is 0 Å². The molecule has 2 heterocycles. The molecule has 1 aliphatic rings. The van der Waals surface area contributed by atoms with Gasteiger partial charge in [-0.05, 0) is 25.9 Å². The first-order valence-corrected chi connectivity index (χ1v) is 6.53. The van der Waals surface area contributed by atoms with Gasteiger partial charge in [0.15, 0.2) is 5.89 Å². The molecule has 1 fully saturated rings. The fraction of sp³-hybridized carbons (Fsp3) is 0.769. The summed E-state index contributed by atoms with van der Waals surface area (Å²) in [6.07, 6.45) is 4.14. The maximum Gasteiger partial charge on any atom is 0.198 e. The molecule has 1 saturated heterocycles. The summed E-state index contributed by atoms with van der Waals surface area (Å²) in [6.45, 7) is 7.58. The molecule has 1 aromatic heterocycles. The van der Waals surface area contributed by atoms with E-state index < -0.39 is 0 Å². The van der Waals surface area contributed by atoms with Crippen molar-refractivity contribution in [1.82, 2.24) is 9.88 Å². The van der Waals surface area contributed by atoms with Gasteiger partial charge in [-0.3, -0.25) is 0 Å². The van der Waals surface area contributed by atoms with E-state index in [0.29, 0.717) is 5.92 Å². The molecule has 0 saturated carbocycles. The van der Waals surface area contributed by atoms with Gasteiger partial charge in [0.05, 0.1) is 12.8 Å². The number of hydrogen-bond acceptors (Lipinski definition) is 4. The van der Waals surface area contributed by atoms with E-state index in [9.17, 15) is 0 Å². The molecule has 2 unspecified atom stereocenters. The quantitative estimate of drug-likeness (QED) is 0.871. The molecule has 0 spiro atoms. The summed E-state index contributed by atoms with van der Waals surface area (Å²) in [5, 5.41) is 9.09. The Morgan fingerprint density at radius 1 is 1.65 bits per heavy atom. The van der Waals surface area contributed by atoms with Crippen molar-refractivity contribution >= 4 is 0 Å². The van der Waals surface area contributed by atoms with E-state index in [1.165, 1.54) is 13.0 Å². The first-order chi connectivity index (χ1) is 8.24. The molecule has 0 aliphatic carbocycles. The molecular weight excluding hydrogens is 216 g/mol. The monoisotopic (exact) mass is 238 g/mol. The van der Waals surface area contributed by atoms with Crippen LogP contribution in [0.2, 0.25) is 0 Å². The lowest BCUT2D eigenvalue weighted by Crippen LogP contribution is -2.34. The van der Waals surface area contributed by atoms with Crippen LogP contribution < -0.4 is 0 Å². The Bertz CT molecular complexity index is 351. The van der Waals surface area contributed by atoms with E-state index in [1.807, 2.05) is 6.92 Å². The van der Waals surface area contributed by atoms with Crippen molar-refractivity contribution in [2.45, 2.75) is 38.5 Å². The average Bonchev–Trinajstić information content (AvgIpc) is 2.87. The molecular formula is C13H22N2O2. The maximum absolute atomic E-state index is 9.09. The van der Waals surface area contributed by atoms with Crippen LogP contribution in [0.1, 0.15) is 50.2 Å². The highest BCUT2D eigenvalue weighted by atomic mass is 16.4. The lowest BCUT2D eigenvalue weighted by atomic mass is 9.98. The van der Waals surface area contributed by atoms with Crippen LogP contribution in [-0.4, -0.2) is 41.2 Å². The minimum atomic E-state index is 0.0436. The van der Waals surface area contributed by atoms with Crippen LogP contribution in [0.4, 0.5) is 0 Å². The van der Waals surface area contributed by atoms with Gasteiger partial charge < -0.3 is 14.4 Å². The van der Waals surface area contributed by atoms with E-state index in [4.69, 9.17) is 9.52 Å². The lowest BCUT2D eigenvalue weighted by Gasteiger charge is -2.30. The Balaban J connectivity index is 2.04. The first-order valence-electron chi connectivity index (χ1n) is 6.53. The Morgan fingerprint density at radius 3 is 3.18 bits per heavy atom. The molecule has 1 aromatic rings. The number of nitrogens with zero attached hydrogens (tertiary/aromatic N) is 2. The summed E-state index contributed by atoms with van der Waals surface area (Å²) in [7, 11) is 0. The summed E-state index contributed by atoms with van der Waals surface area (Å²) in [6, 6.07) is 0. The zero-order chi connectivity index (χ0) is 12.3. The van der Waals surface area contributed by atoms with Crippen molar-refractivity contribution in [3.63, 3.8) is 0 Å². The Labute approximate surface area is 103 Å². The smallest absolute Gasteiger partial charge is 0.198 e. The highest BCUT2D eigenvalue weighted by Crippen LogP contribution is 2.28. The third kappa shape index (κ3) is 2.87. The predicted octanol–water partition coefficient (Wildman–Crippen LogP) is 1.97. The van der Waals surface area contributed by atoms with E-state index in [2.05, 4.69) is 16.8 Å². The number of oxazole rings is 1. The highest BCUT2D eigenvalue weighted by molar-refractivity contribution is 5.04. The van der Waals surface area contributed by atoms with Gasteiger partial charge in [-0.1, -0.05) is 13.8 Å². The van der Waals surface area contributed by atoms with Gasteiger partial charge in [0, 0.05) is 18.4 Å². The molecule has 2 atom stereocenters. The molecule has 0 amide bonds. The van der Waals surface area contributed by atoms with Gasteiger partial charge in [0.25, 0.3) is 0 Å². The van der Waals surface area contributed by atoms with Crippen molar-refractivity contribution in [3.05, 3.63) is 17.8 Å². The molecule has 0 aromatic carbocycles. The number of piperidine rings is 1. The molecule has 2 rings (SSSR count). The summed E-state index contributed by atoms with van der Waals surface area (Å²) in [5.74, 6) is 2.11. The van der Waals surface area contributed by atoms with Crippen molar-refractivity contribution in [1.29, 1.82) is 0 Å². The van der Waals surface area contributed by atoms with Gasteiger partial charge in [0.1, 0.15) is 5.76 Å². The number of aliphatic hydroxyl groups excluding tert-OH is 1.